The van der Waals surface area contributed by atoms with Crippen LogP contribution in [0.3, 0.4) is 0 Å². The number of anilines is 2. The molecule has 0 bridgehead atoms. The van der Waals surface area contributed by atoms with Crippen LogP contribution in [0.5, 0.6) is 5.75 Å². The zero-order chi connectivity index (χ0) is 19.9. The molecule has 1 saturated heterocycles. The standard InChI is InChI=1S/C18H25N5O3S2/c1-3-25-15-8-6-5-7-14(15)22-11-9-21(10-12-22)13-23-18(27)28-16(20-23)19-17(24)26-4-2/h5-8H,3-4,9-13H2,1-2H3,(H,19,20,24). The van der Waals surface area contributed by atoms with Crippen LogP contribution in [0.15, 0.2) is 24.3 Å². The molecule has 152 valence electrons. The fourth-order valence-electron chi connectivity index (χ4n) is 3.02. The van der Waals surface area contributed by atoms with Gasteiger partial charge in [0.25, 0.3) is 0 Å². The molecule has 10 heteroatoms. The van der Waals surface area contributed by atoms with Gasteiger partial charge in [-0.1, -0.05) is 23.5 Å². The van der Waals surface area contributed by atoms with Gasteiger partial charge in [-0.05, 0) is 38.2 Å². The minimum Gasteiger partial charge on any atom is -0.492 e. The van der Waals surface area contributed by atoms with Gasteiger partial charge in [-0.25, -0.2) is 9.48 Å². The number of rotatable bonds is 7. The Morgan fingerprint density at radius 1 is 1.21 bits per heavy atom. The van der Waals surface area contributed by atoms with Crippen molar-refractivity contribution in [3.8, 4) is 5.75 Å². The Morgan fingerprint density at radius 3 is 2.68 bits per heavy atom. The largest absolute Gasteiger partial charge is 0.492 e. The van der Waals surface area contributed by atoms with Crippen molar-refractivity contribution in [2.45, 2.75) is 20.5 Å². The van der Waals surface area contributed by atoms with E-state index in [1.165, 1.54) is 11.3 Å². The van der Waals surface area contributed by atoms with Gasteiger partial charge < -0.3 is 14.4 Å². The first kappa shape index (κ1) is 20.6. The number of hydrogen-bond acceptors (Lipinski definition) is 8. The first-order valence-corrected chi connectivity index (χ1v) is 10.5. The normalized spacial score (nSPS) is 14.7. The summed E-state index contributed by atoms with van der Waals surface area (Å²) in [6.07, 6.45) is -0.514. The van der Waals surface area contributed by atoms with Crippen molar-refractivity contribution in [2.75, 3.05) is 49.6 Å². The fraction of sp³-hybridized carbons (Fsp3) is 0.500. The average molecular weight is 424 g/mol. The smallest absolute Gasteiger partial charge is 0.413 e. The highest BCUT2D eigenvalue weighted by Gasteiger charge is 2.20. The van der Waals surface area contributed by atoms with Crippen molar-refractivity contribution >= 4 is 40.5 Å². The molecule has 2 aromatic rings. The molecule has 0 unspecified atom stereocenters. The van der Waals surface area contributed by atoms with Crippen molar-refractivity contribution in [3.63, 3.8) is 0 Å². The number of carbonyl (C=O) groups is 1. The maximum atomic E-state index is 11.5. The third-order valence-corrected chi connectivity index (χ3v) is 5.53. The third kappa shape index (κ3) is 5.21. The van der Waals surface area contributed by atoms with E-state index in [4.69, 9.17) is 21.7 Å². The van der Waals surface area contributed by atoms with Crippen molar-refractivity contribution < 1.29 is 14.3 Å². The Hall–Kier alpha value is -2.17. The SMILES string of the molecule is CCOC(=O)Nc1nn(CN2CCN(c3ccccc3OCC)CC2)c(=S)s1. The highest BCUT2D eigenvalue weighted by Crippen LogP contribution is 2.29. The average Bonchev–Trinajstić information content (AvgIpc) is 3.02. The minimum absolute atomic E-state index is 0.314. The molecule has 1 fully saturated rings. The molecule has 0 aliphatic carbocycles. The maximum Gasteiger partial charge on any atom is 0.413 e. The summed E-state index contributed by atoms with van der Waals surface area (Å²) in [7, 11) is 0. The molecule has 3 rings (SSSR count). The summed E-state index contributed by atoms with van der Waals surface area (Å²) in [5.41, 5.74) is 1.13. The Bertz CT molecular complexity index is 846. The Labute approximate surface area is 173 Å². The molecule has 28 heavy (non-hydrogen) atoms. The highest BCUT2D eigenvalue weighted by atomic mass is 32.1. The Balaban J connectivity index is 1.57. The van der Waals surface area contributed by atoms with Gasteiger partial charge in [-0.15, -0.1) is 5.10 Å². The van der Waals surface area contributed by atoms with Crippen LogP contribution >= 0.6 is 23.6 Å². The van der Waals surface area contributed by atoms with E-state index in [0.29, 0.717) is 29.0 Å². The molecule has 1 aliphatic rings. The van der Waals surface area contributed by atoms with Crippen LogP contribution in [0, 0.1) is 3.95 Å². The summed E-state index contributed by atoms with van der Waals surface area (Å²) < 4.78 is 13.0. The molecule has 0 radical (unpaired) electrons. The van der Waals surface area contributed by atoms with Gasteiger partial charge in [0, 0.05) is 26.2 Å². The van der Waals surface area contributed by atoms with Crippen LogP contribution in [0.4, 0.5) is 15.6 Å². The molecule has 8 nitrogen and oxygen atoms in total. The van der Waals surface area contributed by atoms with Gasteiger partial charge in [0.2, 0.25) is 5.13 Å². The van der Waals surface area contributed by atoms with E-state index in [-0.39, 0.29) is 0 Å². The summed E-state index contributed by atoms with van der Waals surface area (Å²) in [6, 6.07) is 8.15. The lowest BCUT2D eigenvalue weighted by Gasteiger charge is -2.36. The number of ether oxygens (including phenoxy) is 2. The molecule has 2 heterocycles. The molecular formula is C18H25N5O3S2. The number of para-hydroxylation sites is 2. The Morgan fingerprint density at radius 2 is 1.96 bits per heavy atom. The second kappa shape index (κ2) is 9.85. The van der Waals surface area contributed by atoms with Gasteiger partial charge in [-0.2, -0.15) is 0 Å². The second-order valence-corrected chi connectivity index (χ2v) is 7.79. The topological polar surface area (TPSA) is 71.9 Å². The number of nitrogens with one attached hydrogen (secondary N) is 1. The van der Waals surface area contributed by atoms with E-state index in [1.54, 1.807) is 11.6 Å². The lowest BCUT2D eigenvalue weighted by molar-refractivity contribution is 0.167. The van der Waals surface area contributed by atoms with Crippen LogP contribution in [-0.2, 0) is 11.4 Å². The summed E-state index contributed by atoms with van der Waals surface area (Å²) in [4.78, 5) is 16.2. The zero-order valence-electron chi connectivity index (χ0n) is 16.1. The molecule has 1 aromatic carbocycles. The van der Waals surface area contributed by atoms with Crippen LogP contribution < -0.4 is 15.0 Å². The van der Waals surface area contributed by atoms with E-state index < -0.39 is 6.09 Å². The van der Waals surface area contributed by atoms with Crippen LogP contribution in [0.1, 0.15) is 13.8 Å². The minimum atomic E-state index is -0.514. The maximum absolute atomic E-state index is 11.5. The number of hydrogen-bond donors (Lipinski definition) is 1. The first-order valence-electron chi connectivity index (χ1n) is 9.31. The molecule has 1 N–H and O–H groups in total. The van der Waals surface area contributed by atoms with Gasteiger partial charge >= 0.3 is 6.09 Å². The number of piperazine rings is 1. The van der Waals surface area contributed by atoms with Gasteiger partial charge in [-0.3, -0.25) is 10.2 Å². The number of aromatic nitrogens is 2. The lowest BCUT2D eigenvalue weighted by atomic mass is 10.2. The van der Waals surface area contributed by atoms with Crippen molar-refractivity contribution in [1.82, 2.24) is 14.7 Å². The van der Waals surface area contributed by atoms with Crippen LogP contribution in [0.2, 0.25) is 0 Å². The van der Waals surface area contributed by atoms with E-state index in [2.05, 4.69) is 26.3 Å². The monoisotopic (exact) mass is 423 g/mol. The summed E-state index contributed by atoms with van der Waals surface area (Å²) >= 11 is 6.64. The van der Waals surface area contributed by atoms with E-state index >= 15 is 0 Å². The lowest BCUT2D eigenvalue weighted by Crippen LogP contribution is -2.47. The molecule has 1 aromatic heterocycles. The fourth-order valence-corrected chi connectivity index (χ4v) is 3.99. The molecule has 0 saturated carbocycles. The predicted octanol–water partition coefficient (Wildman–Crippen LogP) is 3.42. The van der Waals surface area contributed by atoms with Crippen molar-refractivity contribution in [3.05, 3.63) is 28.2 Å². The van der Waals surface area contributed by atoms with E-state index in [1.807, 2.05) is 25.1 Å². The first-order chi connectivity index (χ1) is 13.6. The van der Waals surface area contributed by atoms with Crippen molar-refractivity contribution in [1.29, 1.82) is 0 Å². The molecule has 1 amide bonds. The number of nitrogens with zero attached hydrogens (tertiary/aromatic N) is 4. The molecule has 0 spiro atoms. The van der Waals surface area contributed by atoms with E-state index in [9.17, 15) is 4.79 Å². The third-order valence-electron chi connectivity index (χ3n) is 4.30. The molecule has 0 atom stereocenters. The summed E-state index contributed by atoms with van der Waals surface area (Å²) in [5, 5.41) is 7.44. The highest BCUT2D eigenvalue weighted by molar-refractivity contribution is 7.73. The van der Waals surface area contributed by atoms with E-state index in [0.717, 1.165) is 37.6 Å². The van der Waals surface area contributed by atoms with Gasteiger partial charge in [0.05, 0.1) is 25.6 Å². The van der Waals surface area contributed by atoms with Crippen LogP contribution in [-0.4, -0.2) is 60.2 Å². The number of carbonyl (C=O) groups excluding carboxylic acids is 1. The Kier molecular flexibility index (Phi) is 7.24. The number of benzene rings is 1. The predicted molar refractivity (Wildman–Crippen MR) is 113 cm³/mol. The van der Waals surface area contributed by atoms with Gasteiger partial charge in [0.15, 0.2) is 3.95 Å². The summed E-state index contributed by atoms with van der Waals surface area (Å²) in [6.45, 7) is 8.90. The zero-order valence-corrected chi connectivity index (χ0v) is 17.7. The van der Waals surface area contributed by atoms with Crippen molar-refractivity contribution in [2.24, 2.45) is 0 Å². The number of amides is 1. The summed E-state index contributed by atoms with van der Waals surface area (Å²) in [5.74, 6) is 0.926. The van der Waals surface area contributed by atoms with Crippen LogP contribution in [0.25, 0.3) is 0 Å². The quantitative estimate of drug-likeness (QED) is 0.684. The second-order valence-electron chi connectivity index (χ2n) is 6.17. The molecular weight excluding hydrogens is 398 g/mol. The van der Waals surface area contributed by atoms with Gasteiger partial charge in [0.1, 0.15) is 5.75 Å². The molecule has 1 aliphatic heterocycles.